The number of hydrogen-bond acceptors (Lipinski definition) is 4. The zero-order valence-corrected chi connectivity index (χ0v) is 14.7. The SMILES string of the molecule is CCC(NC(=O)CC(N)c1ccccc1)c1cccc([N+](=O)[O-])c1.Cl. The molecule has 2 aromatic rings. The molecule has 1 amide bonds. The maximum Gasteiger partial charge on any atom is 0.269 e. The van der Waals surface area contributed by atoms with Crippen LogP contribution in [0.1, 0.15) is 43.0 Å². The average Bonchev–Trinajstić information content (AvgIpc) is 2.60. The van der Waals surface area contributed by atoms with Crippen molar-refractivity contribution in [2.75, 3.05) is 0 Å². The van der Waals surface area contributed by atoms with Crippen LogP contribution in [0.15, 0.2) is 54.6 Å². The average molecular weight is 364 g/mol. The number of nitrogens with two attached hydrogens (primary N) is 1. The van der Waals surface area contributed by atoms with Crippen LogP contribution in [0.2, 0.25) is 0 Å². The first-order valence-electron chi connectivity index (χ1n) is 7.85. The van der Waals surface area contributed by atoms with Crippen LogP contribution in [0.25, 0.3) is 0 Å². The molecule has 25 heavy (non-hydrogen) atoms. The molecule has 0 aliphatic heterocycles. The molecule has 0 heterocycles. The summed E-state index contributed by atoms with van der Waals surface area (Å²) in [6.45, 7) is 1.92. The van der Waals surface area contributed by atoms with Crippen molar-refractivity contribution in [2.24, 2.45) is 5.73 Å². The van der Waals surface area contributed by atoms with Crippen LogP contribution in [0.4, 0.5) is 5.69 Å². The molecule has 0 radical (unpaired) electrons. The maximum atomic E-state index is 12.3. The number of rotatable bonds is 7. The molecule has 2 rings (SSSR count). The van der Waals surface area contributed by atoms with Gasteiger partial charge in [0, 0.05) is 24.6 Å². The Labute approximate surface area is 153 Å². The molecule has 0 bridgehead atoms. The van der Waals surface area contributed by atoms with Gasteiger partial charge in [0.2, 0.25) is 5.91 Å². The summed E-state index contributed by atoms with van der Waals surface area (Å²) in [5.41, 5.74) is 7.70. The van der Waals surface area contributed by atoms with E-state index in [1.807, 2.05) is 37.3 Å². The Morgan fingerprint density at radius 3 is 2.40 bits per heavy atom. The van der Waals surface area contributed by atoms with Crippen molar-refractivity contribution in [1.82, 2.24) is 5.32 Å². The molecular weight excluding hydrogens is 342 g/mol. The number of amides is 1. The number of hydrogen-bond donors (Lipinski definition) is 2. The van der Waals surface area contributed by atoms with Crippen molar-refractivity contribution < 1.29 is 9.72 Å². The second-order valence-electron chi connectivity index (χ2n) is 5.60. The molecular formula is C18H22ClN3O3. The van der Waals surface area contributed by atoms with Gasteiger partial charge in [0.25, 0.3) is 5.69 Å². The third-order valence-electron chi connectivity index (χ3n) is 3.86. The maximum absolute atomic E-state index is 12.3. The van der Waals surface area contributed by atoms with Gasteiger partial charge in [-0.2, -0.15) is 0 Å². The minimum absolute atomic E-state index is 0. The van der Waals surface area contributed by atoms with Crippen LogP contribution >= 0.6 is 12.4 Å². The monoisotopic (exact) mass is 363 g/mol. The van der Waals surface area contributed by atoms with E-state index in [9.17, 15) is 14.9 Å². The Morgan fingerprint density at radius 2 is 1.80 bits per heavy atom. The molecule has 0 saturated heterocycles. The fourth-order valence-electron chi connectivity index (χ4n) is 2.55. The van der Waals surface area contributed by atoms with Crippen LogP contribution in [-0.2, 0) is 4.79 Å². The smallest absolute Gasteiger partial charge is 0.269 e. The summed E-state index contributed by atoms with van der Waals surface area (Å²) in [5, 5.41) is 13.8. The van der Waals surface area contributed by atoms with Crippen molar-refractivity contribution in [3.8, 4) is 0 Å². The number of halogens is 1. The lowest BCUT2D eigenvalue weighted by Crippen LogP contribution is -2.31. The number of nitrogens with one attached hydrogen (secondary N) is 1. The molecule has 6 nitrogen and oxygen atoms in total. The van der Waals surface area contributed by atoms with Gasteiger partial charge in [-0.3, -0.25) is 14.9 Å². The topological polar surface area (TPSA) is 98.3 Å². The first-order valence-corrected chi connectivity index (χ1v) is 7.85. The molecule has 2 unspecified atom stereocenters. The fourth-order valence-corrected chi connectivity index (χ4v) is 2.55. The van der Waals surface area contributed by atoms with Gasteiger partial charge in [0.15, 0.2) is 0 Å². The molecule has 3 N–H and O–H groups in total. The number of non-ortho nitro benzene ring substituents is 1. The van der Waals surface area contributed by atoms with E-state index in [4.69, 9.17) is 5.73 Å². The lowest BCUT2D eigenvalue weighted by molar-refractivity contribution is -0.384. The van der Waals surface area contributed by atoms with Gasteiger partial charge >= 0.3 is 0 Å². The summed E-state index contributed by atoms with van der Waals surface area (Å²) in [7, 11) is 0. The number of carbonyl (C=O) groups excluding carboxylic acids is 1. The molecule has 0 spiro atoms. The van der Waals surface area contributed by atoms with E-state index in [1.165, 1.54) is 12.1 Å². The predicted octanol–water partition coefficient (Wildman–Crippen LogP) is 3.67. The number of nitrogens with zero attached hydrogens (tertiary/aromatic N) is 1. The normalized spacial score (nSPS) is 12.6. The lowest BCUT2D eigenvalue weighted by Gasteiger charge is -2.19. The number of nitro groups is 1. The van der Waals surface area contributed by atoms with Gasteiger partial charge in [-0.1, -0.05) is 49.4 Å². The van der Waals surface area contributed by atoms with Gasteiger partial charge in [-0.05, 0) is 17.5 Å². The Morgan fingerprint density at radius 1 is 1.16 bits per heavy atom. The van der Waals surface area contributed by atoms with Crippen molar-refractivity contribution in [1.29, 1.82) is 0 Å². The van der Waals surface area contributed by atoms with Crippen molar-refractivity contribution in [3.63, 3.8) is 0 Å². The van der Waals surface area contributed by atoms with Crippen molar-refractivity contribution >= 4 is 24.0 Å². The Bertz CT molecular complexity index is 710. The van der Waals surface area contributed by atoms with Crippen molar-refractivity contribution in [3.05, 3.63) is 75.8 Å². The zero-order chi connectivity index (χ0) is 17.5. The standard InChI is InChI=1S/C18H21N3O3.ClH/c1-2-17(14-9-6-10-15(11-14)21(23)24)20-18(22)12-16(19)13-7-4-3-5-8-13;/h3-11,16-17H,2,12,19H2,1H3,(H,20,22);1H. The molecule has 7 heteroatoms. The predicted molar refractivity (Wildman–Crippen MR) is 99.5 cm³/mol. The van der Waals surface area contributed by atoms with E-state index in [0.29, 0.717) is 12.0 Å². The third-order valence-corrected chi connectivity index (χ3v) is 3.86. The largest absolute Gasteiger partial charge is 0.349 e. The zero-order valence-electron chi connectivity index (χ0n) is 13.9. The summed E-state index contributed by atoms with van der Waals surface area (Å²) in [6, 6.07) is 15.1. The highest BCUT2D eigenvalue weighted by Crippen LogP contribution is 2.22. The summed E-state index contributed by atoms with van der Waals surface area (Å²) in [4.78, 5) is 22.7. The van der Waals surface area contributed by atoms with Gasteiger partial charge < -0.3 is 11.1 Å². The molecule has 2 atom stereocenters. The highest BCUT2D eigenvalue weighted by atomic mass is 35.5. The minimum atomic E-state index is -0.441. The third kappa shape index (κ3) is 5.85. The van der Waals surface area contributed by atoms with Gasteiger partial charge in [0.05, 0.1) is 11.0 Å². The summed E-state index contributed by atoms with van der Waals surface area (Å²) < 4.78 is 0. The quantitative estimate of drug-likeness (QED) is 0.579. The number of nitro benzene ring substituents is 1. The van der Waals surface area contributed by atoms with Crippen LogP contribution in [0, 0.1) is 10.1 Å². The van der Waals surface area contributed by atoms with Crippen LogP contribution in [-0.4, -0.2) is 10.8 Å². The second-order valence-corrected chi connectivity index (χ2v) is 5.60. The Kier molecular flexibility index (Phi) is 8.04. The molecule has 2 aromatic carbocycles. The Hall–Kier alpha value is -2.44. The first kappa shape index (κ1) is 20.6. The van der Waals surface area contributed by atoms with Crippen LogP contribution < -0.4 is 11.1 Å². The molecule has 0 aliphatic rings. The van der Waals surface area contributed by atoms with Crippen molar-refractivity contribution in [2.45, 2.75) is 31.8 Å². The van der Waals surface area contributed by atoms with Crippen LogP contribution in [0.3, 0.4) is 0 Å². The summed E-state index contributed by atoms with van der Waals surface area (Å²) in [6.07, 6.45) is 0.795. The fraction of sp³-hybridized carbons (Fsp3) is 0.278. The highest BCUT2D eigenvalue weighted by Gasteiger charge is 2.18. The second kappa shape index (κ2) is 9.76. The molecule has 0 aliphatic carbocycles. The van der Waals surface area contributed by atoms with E-state index in [2.05, 4.69) is 5.32 Å². The lowest BCUT2D eigenvalue weighted by atomic mass is 10.0. The van der Waals surface area contributed by atoms with Gasteiger partial charge in [-0.15, -0.1) is 12.4 Å². The van der Waals surface area contributed by atoms with Gasteiger partial charge in [-0.25, -0.2) is 0 Å². The number of carbonyl (C=O) groups is 1. The first-order chi connectivity index (χ1) is 11.5. The number of benzene rings is 2. The van der Waals surface area contributed by atoms with E-state index < -0.39 is 4.92 Å². The van der Waals surface area contributed by atoms with Gasteiger partial charge in [0.1, 0.15) is 0 Å². The molecule has 0 aromatic heterocycles. The molecule has 0 saturated carbocycles. The summed E-state index contributed by atoms with van der Waals surface area (Å²) in [5.74, 6) is -0.176. The van der Waals surface area contributed by atoms with E-state index in [-0.39, 0.29) is 42.5 Å². The molecule has 0 fully saturated rings. The van der Waals surface area contributed by atoms with E-state index >= 15 is 0 Å². The highest BCUT2D eigenvalue weighted by molar-refractivity contribution is 5.85. The van der Waals surface area contributed by atoms with Crippen LogP contribution in [0.5, 0.6) is 0 Å². The Balaban J connectivity index is 0.00000312. The van der Waals surface area contributed by atoms with E-state index in [1.54, 1.807) is 12.1 Å². The summed E-state index contributed by atoms with van der Waals surface area (Å²) >= 11 is 0. The molecule has 134 valence electrons. The van der Waals surface area contributed by atoms with E-state index in [0.717, 1.165) is 5.56 Å². The minimum Gasteiger partial charge on any atom is -0.349 e.